The summed E-state index contributed by atoms with van der Waals surface area (Å²) in [5.41, 5.74) is 2.28. The first-order valence-corrected chi connectivity index (χ1v) is 7.61. The van der Waals surface area contributed by atoms with Crippen molar-refractivity contribution in [3.05, 3.63) is 53.7 Å². The van der Waals surface area contributed by atoms with Crippen molar-refractivity contribution in [2.45, 2.75) is 33.7 Å². The van der Waals surface area contributed by atoms with Gasteiger partial charge in [0.1, 0.15) is 5.75 Å². The number of nitrogens with one attached hydrogen (secondary N) is 1. The molecule has 2 aromatic rings. The van der Waals surface area contributed by atoms with Gasteiger partial charge in [-0.15, -0.1) is 0 Å². The van der Waals surface area contributed by atoms with E-state index in [0.29, 0.717) is 11.8 Å². The Morgan fingerprint density at radius 1 is 1.14 bits per heavy atom. The SMILES string of the molecule is CCc1cc(CNCC(C)C)cc(Oc2ccccc2)n1. The van der Waals surface area contributed by atoms with Crippen molar-refractivity contribution in [1.82, 2.24) is 10.3 Å². The molecule has 0 spiro atoms. The molecule has 3 heteroatoms. The number of pyridine rings is 1. The molecule has 2 rings (SSSR count). The number of aryl methyl sites for hydroxylation is 1. The van der Waals surface area contributed by atoms with E-state index in [1.807, 2.05) is 36.4 Å². The molecule has 0 saturated carbocycles. The van der Waals surface area contributed by atoms with Crippen LogP contribution in [-0.4, -0.2) is 11.5 Å². The zero-order chi connectivity index (χ0) is 15.1. The fourth-order valence-electron chi connectivity index (χ4n) is 2.07. The molecule has 0 unspecified atom stereocenters. The van der Waals surface area contributed by atoms with Crippen molar-refractivity contribution >= 4 is 0 Å². The van der Waals surface area contributed by atoms with E-state index in [2.05, 4.69) is 37.1 Å². The molecule has 112 valence electrons. The van der Waals surface area contributed by atoms with E-state index in [4.69, 9.17) is 4.74 Å². The van der Waals surface area contributed by atoms with Crippen LogP contribution < -0.4 is 10.1 Å². The van der Waals surface area contributed by atoms with Gasteiger partial charge in [-0.1, -0.05) is 39.0 Å². The molecule has 1 aromatic carbocycles. The fraction of sp³-hybridized carbons (Fsp3) is 0.389. The highest BCUT2D eigenvalue weighted by atomic mass is 16.5. The van der Waals surface area contributed by atoms with Crippen molar-refractivity contribution in [3.63, 3.8) is 0 Å². The molecular weight excluding hydrogens is 260 g/mol. The van der Waals surface area contributed by atoms with Crippen LogP contribution in [0.3, 0.4) is 0 Å². The van der Waals surface area contributed by atoms with Crippen LogP contribution in [-0.2, 0) is 13.0 Å². The van der Waals surface area contributed by atoms with Gasteiger partial charge in [0.05, 0.1) is 0 Å². The summed E-state index contributed by atoms with van der Waals surface area (Å²) in [5.74, 6) is 2.14. The minimum absolute atomic E-state index is 0.650. The summed E-state index contributed by atoms with van der Waals surface area (Å²) in [6.45, 7) is 8.39. The average Bonchev–Trinajstić information content (AvgIpc) is 2.47. The molecule has 0 aliphatic carbocycles. The Labute approximate surface area is 127 Å². The second-order valence-electron chi connectivity index (χ2n) is 5.60. The van der Waals surface area contributed by atoms with Crippen molar-refractivity contribution in [3.8, 4) is 11.6 Å². The number of nitrogens with zero attached hydrogens (tertiary/aromatic N) is 1. The third-order valence-electron chi connectivity index (χ3n) is 3.12. The number of hydrogen-bond donors (Lipinski definition) is 1. The second-order valence-corrected chi connectivity index (χ2v) is 5.60. The fourth-order valence-corrected chi connectivity index (χ4v) is 2.07. The van der Waals surface area contributed by atoms with Crippen molar-refractivity contribution in [2.24, 2.45) is 5.92 Å². The molecule has 3 nitrogen and oxygen atoms in total. The third kappa shape index (κ3) is 5.20. The molecule has 0 bridgehead atoms. The Morgan fingerprint density at radius 2 is 1.90 bits per heavy atom. The summed E-state index contributed by atoms with van der Waals surface area (Å²) in [7, 11) is 0. The summed E-state index contributed by atoms with van der Waals surface area (Å²) >= 11 is 0. The first-order chi connectivity index (χ1) is 10.2. The molecule has 0 fully saturated rings. The van der Waals surface area contributed by atoms with Crippen molar-refractivity contribution in [1.29, 1.82) is 0 Å². The van der Waals surface area contributed by atoms with Gasteiger partial charge >= 0.3 is 0 Å². The zero-order valence-electron chi connectivity index (χ0n) is 13.1. The Balaban J connectivity index is 2.09. The Bertz CT molecular complexity index is 552. The molecule has 21 heavy (non-hydrogen) atoms. The number of para-hydroxylation sites is 1. The van der Waals surface area contributed by atoms with Crippen molar-refractivity contribution < 1.29 is 4.74 Å². The van der Waals surface area contributed by atoms with Gasteiger partial charge in [-0.2, -0.15) is 0 Å². The van der Waals surface area contributed by atoms with Crippen LogP contribution in [0.2, 0.25) is 0 Å². The molecule has 0 saturated heterocycles. The molecule has 1 N–H and O–H groups in total. The molecule has 0 aliphatic rings. The van der Waals surface area contributed by atoms with E-state index in [1.165, 1.54) is 5.56 Å². The zero-order valence-corrected chi connectivity index (χ0v) is 13.1. The lowest BCUT2D eigenvalue weighted by Crippen LogP contribution is -2.19. The van der Waals surface area contributed by atoms with Crippen molar-refractivity contribution in [2.75, 3.05) is 6.54 Å². The summed E-state index contributed by atoms with van der Waals surface area (Å²) in [6.07, 6.45) is 0.906. The molecule has 1 aromatic heterocycles. The predicted molar refractivity (Wildman–Crippen MR) is 86.7 cm³/mol. The summed E-state index contributed by atoms with van der Waals surface area (Å²) < 4.78 is 5.85. The van der Waals surface area contributed by atoms with Crippen LogP contribution in [0.1, 0.15) is 32.0 Å². The standard InChI is InChI=1S/C18H24N2O/c1-4-16-10-15(13-19-12-14(2)3)11-18(20-16)21-17-8-6-5-7-9-17/h5-11,14,19H,4,12-13H2,1-3H3. The summed E-state index contributed by atoms with van der Waals surface area (Å²) in [4.78, 5) is 4.54. The molecule has 0 amide bonds. The van der Waals surface area contributed by atoms with Gasteiger partial charge in [-0.25, -0.2) is 4.98 Å². The third-order valence-corrected chi connectivity index (χ3v) is 3.12. The predicted octanol–water partition coefficient (Wildman–Crippen LogP) is 4.18. The second kappa shape index (κ2) is 7.79. The lowest BCUT2D eigenvalue weighted by atomic mass is 10.2. The molecule has 0 radical (unpaired) electrons. The van der Waals surface area contributed by atoms with Crippen LogP contribution in [0.4, 0.5) is 0 Å². The lowest BCUT2D eigenvalue weighted by Gasteiger charge is -2.11. The maximum Gasteiger partial charge on any atom is 0.219 e. The summed E-state index contributed by atoms with van der Waals surface area (Å²) in [5, 5.41) is 3.46. The van der Waals surface area contributed by atoms with E-state index >= 15 is 0 Å². The number of hydrogen-bond acceptors (Lipinski definition) is 3. The molecule has 0 aliphatic heterocycles. The maximum absolute atomic E-state index is 5.85. The smallest absolute Gasteiger partial charge is 0.219 e. The van der Waals surface area contributed by atoms with Crippen LogP contribution in [0.25, 0.3) is 0 Å². The average molecular weight is 284 g/mol. The van der Waals surface area contributed by atoms with Gasteiger partial charge in [0, 0.05) is 18.3 Å². The molecule has 1 heterocycles. The van der Waals surface area contributed by atoms with Gasteiger partial charge in [-0.3, -0.25) is 0 Å². The largest absolute Gasteiger partial charge is 0.439 e. The Hall–Kier alpha value is -1.87. The normalized spacial score (nSPS) is 10.9. The highest BCUT2D eigenvalue weighted by Crippen LogP contribution is 2.21. The monoisotopic (exact) mass is 284 g/mol. The highest BCUT2D eigenvalue weighted by molar-refractivity contribution is 5.30. The number of rotatable bonds is 7. The number of ether oxygens (including phenoxy) is 1. The van der Waals surface area contributed by atoms with Gasteiger partial charge in [0.15, 0.2) is 0 Å². The minimum atomic E-state index is 0.650. The van der Waals surface area contributed by atoms with E-state index in [9.17, 15) is 0 Å². The Morgan fingerprint density at radius 3 is 2.57 bits per heavy atom. The number of benzene rings is 1. The van der Waals surface area contributed by atoms with Crippen LogP contribution >= 0.6 is 0 Å². The Kier molecular flexibility index (Phi) is 5.76. The van der Waals surface area contributed by atoms with Gasteiger partial charge in [0.2, 0.25) is 5.88 Å². The van der Waals surface area contributed by atoms with E-state index in [-0.39, 0.29) is 0 Å². The quantitative estimate of drug-likeness (QED) is 0.828. The molecule has 0 atom stereocenters. The van der Waals surface area contributed by atoms with Crippen LogP contribution in [0.15, 0.2) is 42.5 Å². The summed E-state index contributed by atoms with van der Waals surface area (Å²) in [6, 6.07) is 13.9. The lowest BCUT2D eigenvalue weighted by molar-refractivity contribution is 0.459. The maximum atomic E-state index is 5.85. The topological polar surface area (TPSA) is 34.1 Å². The van der Waals surface area contributed by atoms with Gasteiger partial charge in [-0.05, 0) is 42.6 Å². The van der Waals surface area contributed by atoms with E-state index in [0.717, 1.165) is 31.0 Å². The number of aromatic nitrogens is 1. The van der Waals surface area contributed by atoms with E-state index in [1.54, 1.807) is 0 Å². The first-order valence-electron chi connectivity index (χ1n) is 7.61. The minimum Gasteiger partial charge on any atom is -0.439 e. The van der Waals surface area contributed by atoms with E-state index < -0.39 is 0 Å². The van der Waals surface area contributed by atoms with Gasteiger partial charge in [0.25, 0.3) is 0 Å². The van der Waals surface area contributed by atoms with Gasteiger partial charge < -0.3 is 10.1 Å². The highest BCUT2D eigenvalue weighted by Gasteiger charge is 2.04. The van der Waals surface area contributed by atoms with Crippen LogP contribution in [0.5, 0.6) is 11.6 Å². The first kappa shape index (κ1) is 15.5. The van der Waals surface area contributed by atoms with Crippen LogP contribution in [0, 0.1) is 5.92 Å². The molecular formula is C18H24N2O.